The molecule has 12 heteroatoms. The van der Waals surface area contributed by atoms with Crippen molar-refractivity contribution in [3.8, 4) is 23.5 Å². The number of nitrogens with zero attached hydrogens (tertiary/aromatic N) is 4. The lowest BCUT2D eigenvalue weighted by Crippen LogP contribution is -2.27. The fourth-order valence-corrected chi connectivity index (χ4v) is 5.50. The van der Waals surface area contributed by atoms with E-state index >= 15 is 0 Å². The van der Waals surface area contributed by atoms with Crippen LogP contribution in [0.25, 0.3) is 11.4 Å². The predicted molar refractivity (Wildman–Crippen MR) is 198 cm³/mol. The summed E-state index contributed by atoms with van der Waals surface area (Å²) in [5, 5.41) is 1.25. The van der Waals surface area contributed by atoms with Gasteiger partial charge >= 0.3 is 24.0 Å². The molecule has 0 amide bonds. The summed E-state index contributed by atoms with van der Waals surface area (Å²) >= 11 is 12.1. The molecular formula is C40H32Cl2N4O6. The van der Waals surface area contributed by atoms with Crippen molar-refractivity contribution in [1.82, 2.24) is 19.1 Å². The second kappa shape index (κ2) is 15.8. The predicted octanol–water partition coefficient (Wildman–Crippen LogP) is 9.22. The zero-order valence-electron chi connectivity index (χ0n) is 28.1. The first-order valence-corrected chi connectivity index (χ1v) is 16.8. The van der Waals surface area contributed by atoms with Crippen LogP contribution < -0.4 is 18.9 Å². The first kappa shape index (κ1) is 35.7. The van der Waals surface area contributed by atoms with E-state index in [9.17, 15) is 9.59 Å². The normalized spacial score (nSPS) is 12.0. The Morgan fingerprint density at radius 2 is 0.962 bits per heavy atom. The Morgan fingerprint density at radius 1 is 0.596 bits per heavy atom. The summed E-state index contributed by atoms with van der Waals surface area (Å²) in [5.41, 5.74) is 3.82. The molecule has 2 heterocycles. The van der Waals surface area contributed by atoms with Gasteiger partial charge in [0.15, 0.2) is 0 Å². The van der Waals surface area contributed by atoms with Gasteiger partial charge in [0.25, 0.3) is 0 Å². The van der Waals surface area contributed by atoms with Gasteiger partial charge in [0.2, 0.25) is 0 Å². The van der Waals surface area contributed by atoms with Crippen LogP contribution in [-0.4, -0.2) is 31.0 Å². The molecule has 0 aliphatic heterocycles. The quantitative estimate of drug-likeness (QED) is 0.0905. The summed E-state index contributed by atoms with van der Waals surface area (Å²) in [6.45, 7) is 12.2. The lowest BCUT2D eigenvalue weighted by atomic mass is 10.1. The van der Waals surface area contributed by atoms with E-state index in [1.807, 2.05) is 62.4 Å². The second-order valence-electron chi connectivity index (χ2n) is 11.4. The fourth-order valence-electron chi connectivity index (χ4n) is 5.25. The number of hydrogen-bond acceptors (Lipinski definition) is 8. The zero-order chi connectivity index (χ0) is 36.8. The lowest BCUT2D eigenvalue weighted by molar-refractivity contribution is -0.157. The Bertz CT molecular complexity index is 2090. The minimum atomic E-state index is -1.33. The SMILES string of the molecule is C=C(c1ccccc1OC(C)c1ccc(Cl)cc1)n1ccnc1OC(=O)C(=O)Oc1nccn1C(=C)c1ccccc1OC(C)c1ccc(Cl)cc1. The maximum atomic E-state index is 13.0. The number of carbonyl (C=O) groups excluding carboxylic acids is 2. The first-order valence-electron chi connectivity index (χ1n) is 16.0. The molecular weight excluding hydrogens is 703 g/mol. The molecule has 0 saturated carbocycles. The van der Waals surface area contributed by atoms with Gasteiger partial charge in [-0.15, -0.1) is 0 Å². The number of ether oxygens (including phenoxy) is 4. The second-order valence-corrected chi connectivity index (χ2v) is 12.3. The third kappa shape index (κ3) is 8.10. The maximum absolute atomic E-state index is 13.0. The smallest absolute Gasteiger partial charge is 0.425 e. The van der Waals surface area contributed by atoms with Crippen LogP contribution >= 0.6 is 23.2 Å². The number of hydrogen-bond donors (Lipinski definition) is 0. The van der Waals surface area contributed by atoms with Gasteiger partial charge in [-0.25, -0.2) is 19.6 Å². The van der Waals surface area contributed by atoms with Gasteiger partial charge in [0.1, 0.15) is 23.7 Å². The summed E-state index contributed by atoms with van der Waals surface area (Å²) in [7, 11) is 0. The third-order valence-electron chi connectivity index (χ3n) is 8.01. The van der Waals surface area contributed by atoms with E-state index in [-0.39, 0.29) is 24.2 Å². The van der Waals surface area contributed by atoms with Crippen molar-refractivity contribution in [2.24, 2.45) is 0 Å². The van der Waals surface area contributed by atoms with Crippen LogP contribution in [-0.2, 0) is 9.59 Å². The molecule has 6 aromatic rings. The van der Waals surface area contributed by atoms with Crippen LogP contribution in [0.2, 0.25) is 10.0 Å². The molecule has 2 unspecified atom stereocenters. The Kier molecular flexibility index (Phi) is 10.9. The van der Waals surface area contributed by atoms with Crippen molar-refractivity contribution in [1.29, 1.82) is 0 Å². The molecule has 0 aliphatic rings. The molecule has 52 heavy (non-hydrogen) atoms. The van der Waals surface area contributed by atoms with E-state index < -0.39 is 11.9 Å². The van der Waals surface area contributed by atoms with Crippen LogP contribution in [0.5, 0.6) is 23.5 Å². The number of imidazole rings is 2. The Hall–Kier alpha value is -6.10. The number of para-hydroxylation sites is 2. The van der Waals surface area contributed by atoms with Gasteiger partial charge in [-0.1, -0.05) is 84.9 Å². The summed E-state index contributed by atoms with van der Waals surface area (Å²) in [5.74, 6) is -1.61. The Labute approximate surface area is 310 Å². The Balaban J connectivity index is 1.13. The Morgan fingerprint density at radius 3 is 1.35 bits per heavy atom. The maximum Gasteiger partial charge on any atom is 0.425 e. The number of rotatable bonds is 12. The molecule has 2 aromatic heterocycles. The van der Waals surface area contributed by atoms with E-state index in [1.54, 1.807) is 60.9 Å². The van der Waals surface area contributed by atoms with Crippen molar-refractivity contribution in [2.45, 2.75) is 26.1 Å². The van der Waals surface area contributed by atoms with Gasteiger partial charge in [-0.2, -0.15) is 0 Å². The van der Waals surface area contributed by atoms with Crippen LogP contribution in [0.4, 0.5) is 0 Å². The van der Waals surface area contributed by atoms with Crippen molar-refractivity contribution in [3.05, 3.63) is 167 Å². The van der Waals surface area contributed by atoms with Gasteiger partial charge < -0.3 is 18.9 Å². The number of aromatic nitrogens is 4. The fraction of sp³-hybridized carbons (Fsp3) is 0.100. The van der Waals surface area contributed by atoms with Crippen LogP contribution in [0.3, 0.4) is 0 Å². The van der Waals surface area contributed by atoms with E-state index in [2.05, 4.69) is 23.1 Å². The molecule has 0 aliphatic carbocycles. The molecule has 0 saturated heterocycles. The highest BCUT2D eigenvalue weighted by Crippen LogP contribution is 2.34. The largest absolute Gasteiger partial charge is 0.485 e. The molecule has 0 N–H and O–H groups in total. The van der Waals surface area contributed by atoms with E-state index in [1.165, 1.54) is 21.5 Å². The van der Waals surface area contributed by atoms with Crippen molar-refractivity contribution in [3.63, 3.8) is 0 Å². The van der Waals surface area contributed by atoms with E-state index in [0.717, 1.165) is 11.1 Å². The standard InChI is InChI=1S/C40H32Cl2N4O6/c1-25(33-9-5-7-11-35(33)49-27(3)29-13-17-31(41)18-14-29)45-23-21-43-39(45)51-37(47)38(48)52-40-44-22-24-46(40)26(2)34-10-6-8-12-36(34)50-28(4)30-15-19-32(42)20-16-30/h5-24,27-28H,1-2H2,3-4H3. The monoisotopic (exact) mass is 734 g/mol. The molecule has 4 aromatic carbocycles. The molecule has 0 radical (unpaired) electrons. The topological polar surface area (TPSA) is 107 Å². The van der Waals surface area contributed by atoms with Crippen molar-refractivity contribution < 1.29 is 28.5 Å². The highest BCUT2D eigenvalue weighted by atomic mass is 35.5. The minimum absolute atomic E-state index is 0.207. The minimum Gasteiger partial charge on any atom is -0.485 e. The molecule has 262 valence electrons. The van der Waals surface area contributed by atoms with E-state index in [0.29, 0.717) is 44.1 Å². The molecule has 0 bridgehead atoms. The highest BCUT2D eigenvalue weighted by molar-refractivity contribution is 6.31. The van der Waals surface area contributed by atoms with Crippen molar-refractivity contribution in [2.75, 3.05) is 0 Å². The highest BCUT2D eigenvalue weighted by Gasteiger charge is 2.26. The zero-order valence-corrected chi connectivity index (χ0v) is 29.6. The first-order chi connectivity index (χ1) is 25.1. The van der Waals surface area contributed by atoms with Gasteiger partial charge in [-0.3, -0.25) is 9.13 Å². The van der Waals surface area contributed by atoms with Crippen molar-refractivity contribution >= 4 is 46.5 Å². The molecule has 0 fully saturated rings. The molecule has 10 nitrogen and oxygen atoms in total. The van der Waals surface area contributed by atoms with E-state index in [4.69, 9.17) is 42.1 Å². The number of carbonyl (C=O) groups is 2. The number of esters is 2. The van der Waals surface area contributed by atoms with Crippen LogP contribution in [0, 0.1) is 0 Å². The average Bonchev–Trinajstić information content (AvgIpc) is 3.81. The van der Waals surface area contributed by atoms with Crippen LogP contribution in [0.1, 0.15) is 48.3 Å². The van der Waals surface area contributed by atoms with Gasteiger partial charge in [0, 0.05) is 46.0 Å². The lowest BCUT2D eigenvalue weighted by Gasteiger charge is -2.20. The van der Waals surface area contributed by atoms with Gasteiger partial charge in [0.05, 0.1) is 11.4 Å². The summed E-state index contributed by atoms with van der Waals surface area (Å²) in [6.07, 6.45) is 5.26. The molecule has 6 rings (SSSR count). The number of benzene rings is 4. The number of halogens is 2. The summed E-state index contributed by atoms with van der Waals surface area (Å²) in [6, 6.07) is 28.8. The average molecular weight is 736 g/mol. The third-order valence-corrected chi connectivity index (χ3v) is 8.52. The molecule has 0 spiro atoms. The van der Waals surface area contributed by atoms with Crippen LogP contribution in [0.15, 0.2) is 135 Å². The molecule has 2 atom stereocenters. The summed E-state index contributed by atoms with van der Waals surface area (Å²) < 4.78 is 26.1. The van der Waals surface area contributed by atoms with Gasteiger partial charge in [-0.05, 0) is 73.5 Å². The summed E-state index contributed by atoms with van der Waals surface area (Å²) in [4.78, 5) is 34.3.